The van der Waals surface area contributed by atoms with E-state index in [-0.39, 0.29) is 11.6 Å². The van der Waals surface area contributed by atoms with Crippen molar-refractivity contribution < 1.29 is 9.84 Å². The van der Waals surface area contributed by atoms with Crippen LogP contribution in [0.2, 0.25) is 0 Å². The second-order valence-corrected chi connectivity index (χ2v) is 8.14. The van der Waals surface area contributed by atoms with Gasteiger partial charge < -0.3 is 15.2 Å². The number of nitrogens with one attached hydrogen (secondary N) is 1. The summed E-state index contributed by atoms with van der Waals surface area (Å²) in [7, 11) is 0. The molecule has 0 spiro atoms. The molecule has 0 aromatic heterocycles. The predicted octanol–water partition coefficient (Wildman–Crippen LogP) is 4.29. The van der Waals surface area contributed by atoms with Crippen LogP contribution in [0.3, 0.4) is 0 Å². The zero-order valence-corrected chi connectivity index (χ0v) is 16.6. The van der Waals surface area contributed by atoms with Crippen LogP contribution in [0, 0.1) is 0 Å². The molecule has 0 bridgehead atoms. The highest BCUT2D eigenvalue weighted by atomic mass is 79.9. The number of aryl methyl sites for hydroxylation is 2. The summed E-state index contributed by atoms with van der Waals surface area (Å²) in [6.07, 6.45) is 4.14. The Morgan fingerprint density at radius 1 is 1.22 bits per heavy atom. The molecular formula is C19H30BrNO2. The van der Waals surface area contributed by atoms with Crippen LogP contribution in [0.15, 0.2) is 16.6 Å². The summed E-state index contributed by atoms with van der Waals surface area (Å²) in [4.78, 5) is 0. The molecule has 1 fully saturated rings. The van der Waals surface area contributed by atoms with E-state index in [0.29, 0.717) is 6.61 Å². The molecule has 4 heteroatoms. The highest BCUT2D eigenvalue weighted by molar-refractivity contribution is 9.10. The summed E-state index contributed by atoms with van der Waals surface area (Å²) < 4.78 is 7.15. The molecule has 2 unspecified atom stereocenters. The Morgan fingerprint density at radius 2 is 1.74 bits per heavy atom. The number of ether oxygens (including phenoxy) is 1. The monoisotopic (exact) mass is 383 g/mol. The van der Waals surface area contributed by atoms with Crippen molar-refractivity contribution in [1.82, 2.24) is 5.32 Å². The second kappa shape index (κ2) is 7.22. The molecule has 1 aromatic carbocycles. The van der Waals surface area contributed by atoms with Crippen LogP contribution in [-0.4, -0.2) is 23.3 Å². The third-order valence-electron chi connectivity index (χ3n) is 4.52. The number of hydrogen-bond donors (Lipinski definition) is 2. The lowest BCUT2D eigenvalue weighted by Gasteiger charge is -2.46. The first-order valence-electron chi connectivity index (χ1n) is 8.69. The highest BCUT2D eigenvalue weighted by Crippen LogP contribution is 2.36. The van der Waals surface area contributed by atoms with Gasteiger partial charge in [0.2, 0.25) is 5.79 Å². The molecule has 2 rings (SSSR count). The summed E-state index contributed by atoms with van der Waals surface area (Å²) in [5, 5.41) is 14.7. The fourth-order valence-electron chi connectivity index (χ4n) is 3.33. The minimum atomic E-state index is -1.28. The third-order valence-corrected chi connectivity index (χ3v) is 5.54. The van der Waals surface area contributed by atoms with Crippen LogP contribution in [-0.2, 0) is 23.4 Å². The highest BCUT2D eigenvalue weighted by Gasteiger charge is 2.45. The lowest BCUT2D eigenvalue weighted by molar-refractivity contribution is -0.263. The fourth-order valence-corrected chi connectivity index (χ4v) is 3.96. The number of benzene rings is 1. The number of halogens is 1. The Bertz CT molecular complexity index is 531. The van der Waals surface area contributed by atoms with Crippen LogP contribution in [0.4, 0.5) is 0 Å². The van der Waals surface area contributed by atoms with Crippen molar-refractivity contribution >= 4 is 15.9 Å². The van der Waals surface area contributed by atoms with E-state index in [1.54, 1.807) is 0 Å². The van der Waals surface area contributed by atoms with Crippen molar-refractivity contribution in [2.45, 2.75) is 77.7 Å². The number of morpholine rings is 1. The Labute approximate surface area is 148 Å². The van der Waals surface area contributed by atoms with Gasteiger partial charge in [-0.15, -0.1) is 0 Å². The van der Waals surface area contributed by atoms with Gasteiger partial charge in [0.15, 0.2) is 0 Å². The Balaban J connectivity index is 2.45. The Hall–Kier alpha value is -0.420. The molecule has 1 aromatic rings. The molecule has 1 aliphatic rings. The molecule has 130 valence electrons. The van der Waals surface area contributed by atoms with Gasteiger partial charge in [-0.1, -0.05) is 42.6 Å². The molecule has 0 saturated carbocycles. The maximum Gasteiger partial charge on any atom is 0.208 e. The van der Waals surface area contributed by atoms with Crippen LogP contribution in [0.25, 0.3) is 0 Å². The molecule has 0 radical (unpaired) electrons. The van der Waals surface area contributed by atoms with Gasteiger partial charge in [0, 0.05) is 15.6 Å². The van der Waals surface area contributed by atoms with Gasteiger partial charge >= 0.3 is 0 Å². The van der Waals surface area contributed by atoms with Gasteiger partial charge in [-0.25, -0.2) is 0 Å². The van der Waals surface area contributed by atoms with E-state index in [1.807, 2.05) is 6.92 Å². The lowest BCUT2D eigenvalue weighted by atomic mass is 9.89. The maximum atomic E-state index is 11.2. The maximum absolute atomic E-state index is 11.2. The quantitative estimate of drug-likeness (QED) is 0.796. The standard InChI is InChI=1S/C19H30BrNO2/c1-6-8-14-10-16(11-15(9-7-2)17(14)20)19(22)13(3)21-18(4,5)12-23-19/h10-11,13,21-22H,6-9,12H2,1-5H3. The topological polar surface area (TPSA) is 41.5 Å². The van der Waals surface area contributed by atoms with Crippen molar-refractivity contribution in [3.63, 3.8) is 0 Å². The smallest absolute Gasteiger partial charge is 0.208 e. The van der Waals surface area contributed by atoms with Crippen LogP contribution in [0.1, 0.15) is 64.2 Å². The zero-order valence-electron chi connectivity index (χ0n) is 15.0. The van der Waals surface area contributed by atoms with Crippen molar-refractivity contribution in [1.29, 1.82) is 0 Å². The van der Waals surface area contributed by atoms with E-state index in [0.717, 1.165) is 31.2 Å². The van der Waals surface area contributed by atoms with E-state index in [4.69, 9.17) is 4.74 Å². The summed E-state index contributed by atoms with van der Waals surface area (Å²) >= 11 is 3.75. The molecule has 23 heavy (non-hydrogen) atoms. The molecule has 1 saturated heterocycles. The van der Waals surface area contributed by atoms with Gasteiger partial charge in [0.1, 0.15) is 0 Å². The molecule has 2 N–H and O–H groups in total. The molecule has 2 atom stereocenters. The van der Waals surface area contributed by atoms with E-state index >= 15 is 0 Å². The minimum absolute atomic E-state index is 0.125. The SMILES string of the molecule is CCCc1cc(C2(O)OCC(C)(C)NC2C)cc(CCC)c1Br. The lowest BCUT2D eigenvalue weighted by Crippen LogP contribution is -2.63. The Morgan fingerprint density at radius 3 is 2.17 bits per heavy atom. The molecular weight excluding hydrogens is 354 g/mol. The molecule has 0 amide bonds. The summed E-state index contributed by atoms with van der Waals surface area (Å²) in [5.41, 5.74) is 3.24. The fraction of sp³-hybridized carbons (Fsp3) is 0.684. The second-order valence-electron chi connectivity index (χ2n) is 7.34. The van der Waals surface area contributed by atoms with Crippen molar-refractivity contribution in [2.24, 2.45) is 0 Å². The van der Waals surface area contributed by atoms with Crippen molar-refractivity contribution in [2.75, 3.05) is 6.61 Å². The predicted molar refractivity (Wildman–Crippen MR) is 98.7 cm³/mol. The van der Waals surface area contributed by atoms with Gasteiger partial charge in [-0.3, -0.25) is 0 Å². The van der Waals surface area contributed by atoms with E-state index in [1.165, 1.54) is 15.6 Å². The van der Waals surface area contributed by atoms with E-state index < -0.39 is 5.79 Å². The molecule has 0 aliphatic carbocycles. The third kappa shape index (κ3) is 3.98. The Kier molecular flexibility index (Phi) is 5.94. The molecule has 3 nitrogen and oxygen atoms in total. The van der Waals surface area contributed by atoms with Gasteiger partial charge in [0.25, 0.3) is 0 Å². The first-order chi connectivity index (χ1) is 10.7. The van der Waals surface area contributed by atoms with Gasteiger partial charge in [0.05, 0.1) is 12.6 Å². The largest absolute Gasteiger partial charge is 0.361 e. The first-order valence-corrected chi connectivity index (χ1v) is 9.48. The van der Waals surface area contributed by atoms with Crippen molar-refractivity contribution in [3.8, 4) is 0 Å². The first kappa shape index (κ1) is 18.9. The van der Waals surface area contributed by atoms with Gasteiger partial charge in [-0.2, -0.15) is 0 Å². The number of rotatable bonds is 5. The van der Waals surface area contributed by atoms with E-state index in [9.17, 15) is 5.11 Å². The van der Waals surface area contributed by atoms with Crippen LogP contribution in [0.5, 0.6) is 0 Å². The average Bonchev–Trinajstić information content (AvgIpc) is 2.47. The average molecular weight is 384 g/mol. The summed E-state index contributed by atoms with van der Waals surface area (Å²) in [6, 6.07) is 4.03. The van der Waals surface area contributed by atoms with Crippen LogP contribution < -0.4 is 5.32 Å². The summed E-state index contributed by atoms with van der Waals surface area (Å²) in [5.74, 6) is -1.28. The number of aliphatic hydroxyl groups is 1. The molecule has 1 aliphatic heterocycles. The number of hydrogen-bond acceptors (Lipinski definition) is 3. The molecule has 1 heterocycles. The zero-order chi connectivity index (χ0) is 17.3. The minimum Gasteiger partial charge on any atom is -0.361 e. The normalized spacial score (nSPS) is 27.2. The van der Waals surface area contributed by atoms with Gasteiger partial charge in [-0.05, 0) is 56.9 Å². The van der Waals surface area contributed by atoms with E-state index in [2.05, 4.69) is 61.1 Å². The van der Waals surface area contributed by atoms with Crippen LogP contribution >= 0.6 is 15.9 Å². The summed E-state index contributed by atoms with van der Waals surface area (Å²) in [6.45, 7) is 11.0. The van der Waals surface area contributed by atoms with Crippen molar-refractivity contribution in [3.05, 3.63) is 33.3 Å².